The fourth-order valence-corrected chi connectivity index (χ4v) is 7.19. The van der Waals surface area contributed by atoms with Crippen molar-refractivity contribution < 1.29 is 4.57 Å². The smallest absolute Gasteiger partial charge is 0.234 e. The molecular formula is C44H79N2+. The molecule has 46 heavy (non-hydrogen) atoms. The van der Waals surface area contributed by atoms with Crippen molar-refractivity contribution in [1.29, 1.82) is 0 Å². The first kappa shape index (κ1) is 40.6. The van der Waals surface area contributed by atoms with Crippen LogP contribution < -0.4 is 4.57 Å². The number of rotatable bonds is 34. The van der Waals surface area contributed by atoms with Crippen molar-refractivity contribution in [3.05, 3.63) is 54.1 Å². The number of aromatic nitrogens is 2. The fourth-order valence-electron chi connectivity index (χ4n) is 7.19. The van der Waals surface area contributed by atoms with Crippen LogP contribution in [0.15, 0.2) is 42.7 Å². The first-order valence-electron chi connectivity index (χ1n) is 21.0. The van der Waals surface area contributed by atoms with Crippen LogP contribution in [-0.2, 0) is 19.5 Å². The van der Waals surface area contributed by atoms with E-state index in [-0.39, 0.29) is 0 Å². The topological polar surface area (TPSA) is 8.81 Å². The normalized spacial score (nSPS) is 11.5. The maximum Gasteiger partial charge on any atom is 0.260 e. The summed E-state index contributed by atoms with van der Waals surface area (Å²) in [6, 6.07) is 11.1. The van der Waals surface area contributed by atoms with E-state index in [1.54, 1.807) is 0 Å². The minimum absolute atomic E-state index is 1.05. The van der Waals surface area contributed by atoms with Gasteiger partial charge in [-0.1, -0.05) is 211 Å². The molecule has 2 rings (SSSR count). The quantitative estimate of drug-likeness (QED) is 0.0534. The van der Waals surface area contributed by atoms with Crippen LogP contribution in [0.25, 0.3) is 0 Å². The minimum Gasteiger partial charge on any atom is -0.234 e. The maximum atomic E-state index is 2.57. The molecule has 1 heterocycles. The lowest BCUT2D eigenvalue weighted by Gasteiger charge is -2.07. The standard InChI is InChI=1S/C44H79N2/c1-3-5-7-9-11-13-15-17-19-20-22-24-26-28-30-35-39-46-41-40-45(44(46)42-43-36-32-31-33-37-43)38-34-29-27-25-23-21-18-16-14-12-10-8-6-4-2/h31-33,36-37,40-41H,3-30,34-35,38-39,42H2,1-2H3/q+1. The van der Waals surface area contributed by atoms with Crippen molar-refractivity contribution in [3.63, 3.8) is 0 Å². The molecule has 0 unspecified atom stereocenters. The summed E-state index contributed by atoms with van der Waals surface area (Å²) in [5, 5.41) is 0. The number of unbranched alkanes of at least 4 members (excludes halogenated alkanes) is 28. The molecule has 2 nitrogen and oxygen atoms in total. The Morgan fingerprint density at radius 3 is 1.22 bits per heavy atom. The summed E-state index contributed by atoms with van der Waals surface area (Å²) in [5.74, 6) is 1.50. The van der Waals surface area contributed by atoms with E-state index in [0.29, 0.717) is 0 Å². The van der Waals surface area contributed by atoms with Crippen molar-refractivity contribution in [1.82, 2.24) is 4.57 Å². The van der Waals surface area contributed by atoms with Crippen molar-refractivity contribution >= 4 is 0 Å². The van der Waals surface area contributed by atoms with E-state index in [1.165, 1.54) is 217 Å². The van der Waals surface area contributed by atoms with E-state index in [9.17, 15) is 0 Å². The lowest BCUT2D eigenvalue weighted by molar-refractivity contribution is -0.703. The lowest BCUT2D eigenvalue weighted by Crippen LogP contribution is -2.37. The molecule has 0 bridgehead atoms. The third-order valence-corrected chi connectivity index (χ3v) is 10.3. The average Bonchev–Trinajstić information content (AvgIpc) is 3.45. The van der Waals surface area contributed by atoms with Crippen LogP contribution in [0.2, 0.25) is 0 Å². The van der Waals surface area contributed by atoms with Gasteiger partial charge in [0.25, 0.3) is 5.82 Å². The molecule has 0 N–H and O–H groups in total. The van der Waals surface area contributed by atoms with Gasteiger partial charge in [-0.3, -0.25) is 0 Å². The molecule has 0 saturated heterocycles. The van der Waals surface area contributed by atoms with Crippen LogP contribution in [0, 0.1) is 0 Å². The second kappa shape index (κ2) is 30.7. The van der Waals surface area contributed by atoms with Gasteiger partial charge in [0.1, 0.15) is 12.4 Å². The highest BCUT2D eigenvalue weighted by atomic mass is 15.1. The number of imidazole rings is 1. The van der Waals surface area contributed by atoms with Crippen molar-refractivity contribution in [2.24, 2.45) is 0 Å². The van der Waals surface area contributed by atoms with E-state index < -0.39 is 0 Å². The highest BCUT2D eigenvalue weighted by molar-refractivity contribution is 5.18. The first-order chi connectivity index (χ1) is 22.8. The molecule has 0 aliphatic rings. The van der Waals surface area contributed by atoms with Crippen LogP contribution in [0.3, 0.4) is 0 Å². The summed E-state index contributed by atoms with van der Waals surface area (Å²) in [5.41, 5.74) is 1.43. The first-order valence-corrected chi connectivity index (χ1v) is 21.0. The van der Waals surface area contributed by atoms with Gasteiger partial charge in [0, 0.05) is 0 Å². The predicted molar refractivity (Wildman–Crippen MR) is 204 cm³/mol. The molecule has 2 aromatic rings. The van der Waals surface area contributed by atoms with Crippen molar-refractivity contribution in [2.75, 3.05) is 0 Å². The summed E-state index contributed by atoms with van der Waals surface area (Å²) in [6.07, 6.45) is 48.7. The summed E-state index contributed by atoms with van der Waals surface area (Å²) in [6.45, 7) is 6.96. The van der Waals surface area contributed by atoms with Gasteiger partial charge < -0.3 is 0 Å². The SMILES string of the molecule is CCCCCCCCCCCCCCCCCC[n+]1ccn(CCCCCCCCCCCCCCCC)c1Cc1ccccc1. The summed E-state index contributed by atoms with van der Waals surface area (Å²) >= 11 is 0. The monoisotopic (exact) mass is 636 g/mol. The third kappa shape index (κ3) is 22.1. The summed E-state index contributed by atoms with van der Waals surface area (Å²) in [7, 11) is 0. The fraction of sp³-hybridized carbons (Fsp3) is 0.795. The number of benzene rings is 1. The molecule has 0 spiro atoms. The second-order valence-electron chi connectivity index (χ2n) is 14.7. The Labute approximate surface area is 288 Å². The maximum absolute atomic E-state index is 2.57. The van der Waals surface area contributed by atoms with Crippen LogP contribution in [0.5, 0.6) is 0 Å². The molecule has 2 heteroatoms. The van der Waals surface area contributed by atoms with Gasteiger partial charge in [0.05, 0.1) is 19.5 Å². The molecule has 1 aromatic heterocycles. The van der Waals surface area contributed by atoms with E-state index in [1.807, 2.05) is 0 Å². The molecular weight excluding hydrogens is 556 g/mol. The van der Waals surface area contributed by atoms with Crippen molar-refractivity contribution in [3.8, 4) is 0 Å². The molecule has 0 aliphatic heterocycles. The number of aryl methyl sites for hydroxylation is 2. The molecule has 0 amide bonds. The molecule has 264 valence electrons. The molecule has 0 fully saturated rings. The zero-order valence-electron chi connectivity index (χ0n) is 31.3. The number of hydrogen-bond acceptors (Lipinski definition) is 0. The highest BCUT2D eigenvalue weighted by Crippen LogP contribution is 2.16. The van der Waals surface area contributed by atoms with Gasteiger partial charge in [-0.05, 0) is 31.2 Å². The minimum atomic E-state index is 1.05. The summed E-state index contributed by atoms with van der Waals surface area (Å²) < 4.78 is 5.14. The van der Waals surface area contributed by atoms with Gasteiger partial charge in [-0.2, -0.15) is 0 Å². The Hall–Kier alpha value is -1.57. The third-order valence-electron chi connectivity index (χ3n) is 10.3. The molecule has 0 atom stereocenters. The van der Waals surface area contributed by atoms with Crippen LogP contribution in [-0.4, -0.2) is 4.57 Å². The Morgan fingerprint density at radius 1 is 0.435 bits per heavy atom. The van der Waals surface area contributed by atoms with E-state index >= 15 is 0 Å². The van der Waals surface area contributed by atoms with E-state index in [0.717, 1.165) is 6.42 Å². The van der Waals surface area contributed by atoms with Gasteiger partial charge in [-0.25, -0.2) is 9.13 Å². The van der Waals surface area contributed by atoms with Crippen LogP contribution in [0.4, 0.5) is 0 Å². The number of nitrogens with zero attached hydrogens (tertiary/aromatic N) is 2. The van der Waals surface area contributed by atoms with E-state index in [4.69, 9.17) is 0 Å². The number of hydrogen-bond donors (Lipinski definition) is 0. The zero-order chi connectivity index (χ0) is 32.6. The van der Waals surface area contributed by atoms with Gasteiger partial charge >= 0.3 is 0 Å². The van der Waals surface area contributed by atoms with Crippen LogP contribution in [0.1, 0.15) is 218 Å². The molecule has 0 aliphatic carbocycles. The van der Waals surface area contributed by atoms with E-state index in [2.05, 4.69) is 65.7 Å². The lowest BCUT2D eigenvalue weighted by atomic mass is 10.0. The Morgan fingerprint density at radius 2 is 0.804 bits per heavy atom. The second-order valence-corrected chi connectivity index (χ2v) is 14.7. The van der Waals surface area contributed by atoms with Gasteiger partial charge in [0.15, 0.2) is 0 Å². The predicted octanol–water partition coefficient (Wildman–Crippen LogP) is 14.1. The largest absolute Gasteiger partial charge is 0.260 e. The Balaban J connectivity index is 1.54. The van der Waals surface area contributed by atoms with Crippen LogP contribution >= 0.6 is 0 Å². The summed E-state index contributed by atoms with van der Waals surface area (Å²) in [4.78, 5) is 0. The van der Waals surface area contributed by atoms with Gasteiger partial charge in [0.2, 0.25) is 0 Å². The Kier molecular flexibility index (Phi) is 27.1. The Bertz CT molecular complexity index is 885. The molecule has 0 radical (unpaired) electrons. The van der Waals surface area contributed by atoms with Gasteiger partial charge in [-0.15, -0.1) is 0 Å². The van der Waals surface area contributed by atoms with Crippen molar-refractivity contribution in [2.45, 2.75) is 226 Å². The molecule has 1 aromatic carbocycles. The highest BCUT2D eigenvalue weighted by Gasteiger charge is 2.17. The zero-order valence-corrected chi connectivity index (χ0v) is 31.3. The molecule has 0 saturated carbocycles. The average molecular weight is 636 g/mol.